The van der Waals surface area contributed by atoms with Crippen LogP contribution in [0, 0.1) is 0 Å². The third-order valence-electron chi connectivity index (χ3n) is 4.83. The van der Waals surface area contributed by atoms with E-state index in [0.29, 0.717) is 41.3 Å². The molecule has 1 amide bonds. The lowest BCUT2D eigenvalue weighted by atomic mass is 10.0. The van der Waals surface area contributed by atoms with Crippen LogP contribution in [0.1, 0.15) is 22.3 Å². The Labute approximate surface area is 175 Å². The summed E-state index contributed by atoms with van der Waals surface area (Å²) >= 11 is 5.96. The van der Waals surface area contributed by atoms with E-state index in [1.54, 1.807) is 72.8 Å². The van der Waals surface area contributed by atoms with Crippen molar-refractivity contribution in [3.8, 4) is 0 Å². The summed E-state index contributed by atoms with van der Waals surface area (Å²) < 4.78 is 27.6. The maximum absolute atomic E-state index is 13.1. The lowest BCUT2D eigenvalue weighted by Crippen LogP contribution is -2.35. The van der Waals surface area contributed by atoms with E-state index < -0.39 is 10.0 Å². The van der Waals surface area contributed by atoms with Crippen LogP contribution in [0.25, 0.3) is 0 Å². The predicted octanol–water partition coefficient (Wildman–Crippen LogP) is 4.73. The van der Waals surface area contributed by atoms with Crippen LogP contribution in [0.2, 0.25) is 5.02 Å². The minimum Gasteiger partial charge on any atom is -0.322 e. The molecule has 0 fully saturated rings. The molecule has 1 heterocycles. The average molecular weight is 427 g/mol. The number of fused-ring (bicyclic) bond motifs is 1. The second-order valence-corrected chi connectivity index (χ2v) is 9.10. The van der Waals surface area contributed by atoms with Crippen molar-refractivity contribution in [1.82, 2.24) is 0 Å². The molecular weight excluding hydrogens is 408 g/mol. The molecule has 0 aromatic heterocycles. The normalized spacial score (nSPS) is 13.6. The number of halogens is 1. The molecule has 3 aromatic carbocycles. The van der Waals surface area contributed by atoms with Crippen molar-refractivity contribution in [2.75, 3.05) is 16.2 Å². The van der Waals surface area contributed by atoms with Crippen LogP contribution >= 0.6 is 11.6 Å². The van der Waals surface area contributed by atoms with Crippen molar-refractivity contribution in [1.29, 1.82) is 0 Å². The van der Waals surface area contributed by atoms with Crippen molar-refractivity contribution in [3.63, 3.8) is 0 Å². The summed E-state index contributed by atoms with van der Waals surface area (Å²) in [5.74, 6) is -0.266. The van der Waals surface area contributed by atoms with Crippen LogP contribution in [-0.4, -0.2) is 20.9 Å². The van der Waals surface area contributed by atoms with E-state index in [9.17, 15) is 13.2 Å². The van der Waals surface area contributed by atoms with Gasteiger partial charge in [0.25, 0.3) is 15.9 Å². The zero-order valence-electron chi connectivity index (χ0n) is 15.5. The van der Waals surface area contributed by atoms with Gasteiger partial charge in [0.15, 0.2) is 0 Å². The fraction of sp³-hybridized carbons (Fsp3) is 0.136. The number of nitrogens with zero attached hydrogens (tertiary/aromatic N) is 1. The predicted molar refractivity (Wildman–Crippen MR) is 115 cm³/mol. The number of carbonyl (C=O) groups is 1. The topological polar surface area (TPSA) is 66.5 Å². The molecule has 4 rings (SSSR count). The largest absolute Gasteiger partial charge is 0.322 e. The molecule has 0 radical (unpaired) electrons. The third kappa shape index (κ3) is 3.99. The number of aryl methyl sites for hydroxylation is 1. The standard InChI is InChI=1S/C22H19ClN2O3S/c23-18-7-4-8-19(15-18)24-22(26)17-11-12-21-16(14-17)6-5-13-25(21)29(27,28)20-9-2-1-3-10-20/h1-4,7-12,14-15H,5-6,13H2,(H,24,26). The zero-order chi connectivity index (χ0) is 20.4. The average Bonchev–Trinajstić information content (AvgIpc) is 2.73. The van der Waals surface area contributed by atoms with E-state index in [0.717, 1.165) is 5.56 Å². The molecule has 0 spiro atoms. The van der Waals surface area contributed by atoms with E-state index in [1.165, 1.54) is 4.31 Å². The number of hydrogen-bond acceptors (Lipinski definition) is 3. The van der Waals surface area contributed by atoms with E-state index in [4.69, 9.17) is 11.6 Å². The first-order valence-electron chi connectivity index (χ1n) is 9.23. The van der Waals surface area contributed by atoms with Crippen LogP contribution in [0.15, 0.2) is 77.7 Å². The second kappa shape index (κ2) is 7.89. The van der Waals surface area contributed by atoms with Crippen LogP contribution in [0.3, 0.4) is 0 Å². The quantitative estimate of drug-likeness (QED) is 0.655. The van der Waals surface area contributed by atoms with Crippen molar-refractivity contribution < 1.29 is 13.2 Å². The first-order valence-corrected chi connectivity index (χ1v) is 11.0. The molecule has 0 saturated heterocycles. The van der Waals surface area contributed by atoms with Crippen LogP contribution in [0.5, 0.6) is 0 Å². The minimum absolute atomic E-state index is 0.260. The Bertz CT molecular complexity index is 1160. The summed E-state index contributed by atoms with van der Waals surface area (Å²) in [5, 5.41) is 3.35. The lowest BCUT2D eigenvalue weighted by Gasteiger charge is -2.30. The van der Waals surface area contributed by atoms with Gasteiger partial charge in [-0.3, -0.25) is 9.10 Å². The Balaban J connectivity index is 1.63. The zero-order valence-corrected chi connectivity index (χ0v) is 17.1. The van der Waals surface area contributed by atoms with E-state index >= 15 is 0 Å². The van der Waals surface area contributed by atoms with Gasteiger partial charge in [0, 0.05) is 22.8 Å². The minimum atomic E-state index is -3.64. The number of amides is 1. The van der Waals surface area contributed by atoms with Crippen molar-refractivity contribution in [3.05, 3.63) is 88.9 Å². The van der Waals surface area contributed by atoms with Crippen molar-refractivity contribution >= 4 is 38.9 Å². The molecule has 1 aliphatic rings. The fourth-order valence-electron chi connectivity index (χ4n) is 3.44. The van der Waals surface area contributed by atoms with Crippen LogP contribution < -0.4 is 9.62 Å². The molecule has 29 heavy (non-hydrogen) atoms. The molecule has 148 valence electrons. The third-order valence-corrected chi connectivity index (χ3v) is 6.89. The number of anilines is 2. The Morgan fingerprint density at radius 3 is 2.52 bits per heavy atom. The first kappa shape index (κ1) is 19.5. The Morgan fingerprint density at radius 1 is 0.966 bits per heavy atom. The number of sulfonamides is 1. The molecule has 0 saturated carbocycles. The molecule has 3 aromatic rings. The van der Waals surface area contributed by atoms with Gasteiger partial charge in [-0.25, -0.2) is 8.42 Å². The highest BCUT2D eigenvalue weighted by atomic mass is 35.5. The van der Waals surface area contributed by atoms with Gasteiger partial charge in [-0.15, -0.1) is 0 Å². The van der Waals surface area contributed by atoms with Gasteiger partial charge in [-0.1, -0.05) is 35.9 Å². The summed E-state index contributed by atoms with van der Waals surface area (Å²) in [6.07, 6.45) is 1.41. The molecule has 0 unspecified atom stereocenters. The van der Waals surface area contributed by atoms with Gasteiger partial charge in [-0.2, -0.15) is 0 Å². The van der Waals surface area contributed by atoms with Gasteiger partial charge >= 0.3 is 0 Å². The number of rotatable bonds is 4. The highest BCUT2D eigenvalue weighted by molar-refractivity contribution is 7.92. The Morgan fingerprint density at radius 2 is 1.76 bits per heavy atom. The first-order chi connectivity index (χ1) is 13.9. The van der Waals surface area contributed by atoms with Crippen LogP contribution in [0.4, 0.5) is 11.4 Å². The summed E-state index contributed by atoms with van der Waals surface area (Å²) in [4.78, 5) is 12.9. The molecule has 0 bridgehead atoms. The van der Waals surface area contributed by atoms with Crippen molar-refractivity contribution in [2.45, 2.75) is 17.7 Å². The number of carbonyl (C=O) groups excluding carboxylic acids is 1. The molecule has 5 nitrogen and oxygen atoms in total. The lowest BCUT2D eigenvalue weighted by molar-refractivity contribution is 0.102. The smallest absolute Gasteiger partial charge is 0.264 e. The van der Waals surface area contributed by atoms with Gasteiger partial charge in [-0.05, 0) is 66.9 Å². The number of benzene rings is 3. The van der Waals surface area contributed by atoms with Crippen molar-refractivity contribution in [2.24, 2.45) is 0 Å². The van der Waals surface area contributed by atoms with Gasteiger partial charge in [0.2, 0.25) is 0 Å². The number of hydrogen-bond donors (Lipinski definition) is 1. The maximum Gasteiger partial charge on any atom is 0.264 e. The van der Waals surface area contributed by atoms with E-state index in [-0.39, 0.29) is 10.8 Å². The molecule has 0 aliphatic carbocycles. The second-order valence-electron chi connectivity index (χ2n) is 6.80. The maximum atomic E-state index is 13.1. The Kier molecular flexibility index (Phi) is 5.30. The summed E-state index contributed by atoms with van der Waals surface area (Å²) in [6, 6.07) is 20.4. The highest BCUT2D eigenvalue weighted by Crippen LogP contribution is 2.33. The monoisotopic (exact) mass is 426 g/mol. The number of nitrogens with one attached hydrogen (secondary N) is 1. The molecular formula is C22H19ClN2O3S. The SMILES string of the molecule is O=C(Nc1cccc(Cl)c1)c1ccc2c(c1)CCCN2S(=O)(=O)c1ccccc1. The van der Waals surface area contributed by atoms with Gasteiger partial charge in [0.05, 0.1) is 10.6 Å². The molecule has 7 heteroatoms. The highest BCUT2D eigenvalue weighted by Gasteiger charge is 2.29. The Hall–Kier alpha value is -2.83. The molecule has 1 aliphatic heterocycles. The van der Waals surface area contributed by atoms with E-state index in [2.05, 4.69) is 5.32 Å². The molecule has 1 N–H and O–H groups in total. The molecule has 0 atom stereocenters. The summed E-state index contributed by atoms with van der Waals surface area (Å²) in [5.41, 5.74) is 2.55. The van der Waals surface area contributed by atoms with Gasteiger partial charge in [0.1, 0.15) is 0 Å². The summed E-state index contributed by atoms with van der Waals surface area (Å²) in [7, 11) is -3.64. The van der Waals surface area contributed by atoms with E-state index in [1.807, 2.05) is 0 Å². The summed E-state index contributed by atoms with van der Waals surface area (Å²) in [6.45, 7) is 0.415. The van der Waals surface area contributed by atoms with Gasteiger partial charge < -0.3 is 5.32 Å². The fourth-order valence-corrected chi connectivity index (χ4v) is 5.20. The van der Waals surface area contributed by atoms with Crippen LogP contribution in [-0.2, 0) is 16.4 Å².